The van der Waals surface area contributed by atoms with Crippen molar-refractivity contribution in [2.24, 2.45) is 0 Å². The second kappa shape index (κ2) is 6.79. The minimum Gasteiger partial charge on any atom is -0.544 e. The summed E-state index contributed by atoms with van der Waals surface area (Å²) >= 11 is 0. The van der Waals surface area contributed by atoms with E-state index in [1.807, 2.05) is 0 Å². The number of carboxylic acid groups (broad SMARTS) is 1. The molecule has 0 fully saturated rings. The van der Waals surface area contributed by atoms with Crippen LogP contribution in [0.4, 0.5) is 65.9 Å². The van der Waals surface area contributed by atoms with E-state index in [-0.39, 0.29) is 29.6 Å². The topological polar surface area (TPSA) is 40.1 Å². The number of hydrogen-bond donors (Lipinski definition) is 0. The Kier molecular flexibility index (Phi) is 7.22. The van der Waals surface area contributed by atoms with Crippen molar-refractivity contribution < 1.29 is 105 Å². The van der Waals surface area contributed by atoms with Gasteiger partial charge in [0.05, 0.1) is 0 Å². The monoisotopic (exact) mass is 438 g/mol. The fraction of sp³-hybridized carbons (Fsp3) is 0.875. The van der Waals surface area contributed by atoms with Crippen molar-refractivity contribution in [1.29, 1.82) is 0 Å². The van der Waals surface area contributed by atoms with Gasteiger partial charge in [0.15, 0.2) is 0 Å². The molecular formula is C8F15NaO2. The number of aliphatic carboxylic acids is 1. The largest absolute Gasteiger partial charge is 1.00 e. The number of halogens is 15. The molecule has 0 saturated carbocycles. The van der Waals surface area contributed by atoms with Crippen molar-refractivity contribution in [2.75, 3.05) is 0 Å². The molecule has 2 nitrogen and oxygen atoms in total. The zero-order valence-electron chi connectivity index (χ0n) is 11.5. The Balaban J connectivity index is 0. The van der Waals surface area contributed by atoms with Gasteiger partial charge in [-0.15, -0.1) is 0 Å². The van der Waals surface area contributed by atoms with Crippen LogP contribution >= 0.6 is 0 Å². The molecule has 0 unspecified atom stereocenters. The summed E-state index contributed by atoms with van der Waals surface area (Å²) in [6.45, 7) is 0. The first-order valence-electron chi connectivity index (χ1n) is 4.99. The van der Waals surface area contributed by atoms with Crippen molar-refractivity contribution in [3.05, 3.63) is 0 Å². The Hall–Kier alpha value is -0.580. The van der Waals surface area contributed by atoms with Crippen LogP contribution in [-0.4, -0.2) is 47.7 Å². The Morgan fingerprint density at radius 2 is 0.731 bits per heavy atom. The molecule has 0 radical (unpaired) electrons. The van der Waals surface area contributed by atoms with E-state index in [0.29, 0.717) is 0 Å². The van der Waals surface area contributed by atoms with Gasteiger partial charge < -0.3 is 9.90 Å². The zero-order valence-corrected chi connectivity index (χ0v) is 13.5. The van der Waals surface area contributed by atoms with E-state index >= 15 is 0 Å². The van der Waals surface area contributed by atoms with E-state index in [2.05, 4.69) is 0 Å². The van der Waals surface area contributed by atoms with Gasteiger partial charge in [0, 0.05) is 0 Å². The van der Waals surface area contributed by atoms with Crippen LogP contribution in [0, 0.1) is 0 Å². The zero-order chi connectivity index (χ0) is 21.1. The predicted octanol–water partition coefficient (Wildman–Crippen LogP) is 0.114. The summed E-state index contributed by atoms with van der Waals surface area (Å²) in [5.74, 6) is -53.3. The van der Waals surface area contributed by atoms with Crippen LogP contribution < -0.4 is 34.7 Å². The number of carboxylic acids is 1. The fourth-order valence-corrected chi connectivity index (χ4v) is 1.09. The van der Waals surface area contributed by atoms with E-state index in [1.165, 1.54) is 0 Å². The molecule has 0 aliphatic heterocycles. The van der Waals surface area contributed by atoms with Crippen LogP contribution in [-0.2, 0) is 4.79 Å². The first-order chi connectivity index (χ1) is 10.4. The summed E-state index contributed by atoms with van der Waals surface area (Å²) in [6, 6.07) is 0. The van der Waals surface area contributed by atoms with Gasteiger partial charge in [0.1, 0.15) is 5.97 Å². The van der Waals surface area contributed by atoms with Crippen molar-refractivity contribution in [3.8, 4) is 0 Å². The maximum absolute atomic E-state index is 12.8. The molecule has 0 aliphatic carbocycles. The predicted molar refractivity (Wildman–Crippen MR) is 40.7 cm³/mol. The fourth-order valence-electron chi connectivity index (χ4n) is 1.09. The van der Waals surface area contributed by atoms with Gasteiger partial charge >= 0.3 is 71.3 Å². The second-order valence-electron chi connectivity index (χ2n) is 4.23. The molecule has 0 rings (SSSR count). The molecule has 0 bridgehead atoms. The second-order valence-corrected chi connectivity index (χ2v) is 4.23. The van der Waals surface area contributed by atoms with Gasteiger partial charge in [0.25, 0.3) is 0 Å². The maximum Gasteiger partial charge on any atom is 1.00 e. The van der Waals surface area contributed by atoms with Crippen LogP contribution in [0.5, 0.6) is 0 Å². The molecule has 0 spiro atoms. The summed E-state index contributed by atoms with van der Waals surface area (Å²) < 4.78 is 186. The smallest absolute Gasteiger partial charge is 0.544 e. The molecule has 0 N–H and O–H groups in total. The number of alkyl halides is 15. The summed E-state index contributed by atoms with van der Waals surface area (Å²) in [6.07, 6.45) is -7.71. The normalized spacial score (nSPS) is 15.5. The molecule has 0 aromatic rings. The molecule has 0 heterocycles. The van der Waals surface area contributed by atoms with Crippen LogP contribution in [0.3, 0.4) is 0 Å². The van der Waals surface area contributed by atoms with E-state index in [0.717, 1.165) is 0 Å². The molecule has 0 atom stereocenters. The van der Waals surface area contributed by atoms with Crippen LogP contribution in [0.1, 0.15) is 0 Å². The van der Waals surface area contributed by atoms with Crippen molar-refractivity contribution >= 4 is 5.97 Å². The van der Waals surface area contributed by atoms with Crippen LogP contribution in [0.25, 0.3) is 0 Å². The van der Waals surface area contributed by atoms with E-state index in [1.54, 1.807) is 0 Å². The summed E-state index contributed by atoms with van der Waals surface area (Å²) in [7, 11) is 0. The SMILES string of the molecule is O=[13C]([O-])[13C](F)(F)C(F)(F)C(F)(F)C(F)(F)C(F)(F)C(F)(F)C(F)(F)F.[Na+]. The molecule has 0 aliphatic rings. The molecule has 0 amide bonds. The Morgan fingerprint density at radius 1 is 0.500 bits per heavy atom. The molecule has 26 heavy (non-hydrogen) atoms. The van der Waals surface area contributed by atoms with Gasteiger partial charge in [-0.25, -0.2) is 0 Å². The average Bonchev–Trinajstić information content (AvgIpc) is 2.35. The summed E-state index contributed by atoms with van der Waals surface area (Å²) in [5, 5.41) is 9.61. The van der Waals surface area contributed by atoms with Crippen molar-refractivity contribution in [2.45, 2.75) is 41.7 Å². The molecule has 0 aromatic heterocycles. The van der Waals surface area contributed by atoms with Crippen LogP contribution in [0.15, 0.2) is 0 Å². The van der Waals surface area contributed by atoms with E-state index < -0.39 is 47.7 Å². The molecular weight excluding hydrogens is 438 g/mol. The summed E-state index contributed by atoms with van der Waals surface area (Å²) in [5.41, 5.74) is 0. The quantitative estimate of drug-likeness (QED) is 0.336. The van der Waals surface area contributed by atoms with Crippen LogP contribution in [0.2, 0.25) is 0 Å². The Bertz CT molecular complexity index is 536. The number of carbonyl (C=O) groups excluding carboxylic acids is 1. The van der Waals surface area contributed by atoms with Gasteiger partial charge in [0.2, 0.25) is 0 Å². The van der Waals surface area contributed by atoms with Gasteiger partial charge in [-0.1, -0.05) is 0 Å². The number of hydrogen-bond acceptors (Lipinski definition) is 2. The third-order valence-electron chi connectivity index (χ3n) is 2.58. The first-order valence-corrected chi connectivity index (χ1v) is 4.99. The number of rotatable bonds is 6. The standard InChI is InChI=1S/C8HF15O2.Na/c9-2(10,1(24)25)3(11,12)4(13,14)5(15,16)6(17,18)7(19,20)8(21,22)23;/h(H,24,25);/q;+1/p-1/i1+1,2+1;. The van der Waals surface area contributed by atoms with Gasteiger partial charge in [-0.05, 0) is 0 Å². The third kappa shape index (κ3) is 3.33. The number of carbonyl (C=O) groups is 1. The first kappa shape index (κ1) is 27.6. The summed E-state index contributed by atoms with van der Waals surface area (Å²) in [4.78, 5) is 9.61. The van der Waals surface area contributed by atoms with Crippen molar-refractivity contribution in [3.63, 3.8) is 0 Å². The third-order valence-corrected chi connectivity index (χ3v) is 2.58. The Morgan fingerprint density at radius 3 is 0.962 bits per heavy atom. The maximum atomic E-state index is 12.8. The minimum absolute atomic E-state index is 0. The molecule has 0 saturated heterocycles. The average molecular weight is 438 g/mol. The molecule has 0 aromatic carbocycles. The Labute approximate surface area is 153 Å². The van der Waals surface area contributed by atoms with Gasteiger partial charge in [-0.3, -0.25) is 0 Å². The minimum atomic E-state index is -8.50. The van der Waals surface area contributed by atoms with Crippen molar-refractivity contribution in [1.82, 2.24) is 0 Å². The van der Waals surface area contributed by atoms with E-state index in [9.17, 15) is 75.8 Å². The molecule has 150 valence electrons. The van der Waals surface area contributed by atoms with E-state index in [4.69, 9.17) is 0 Å². The van der Waals surface area contributed by atoms with Gasteiger partial charge in [-0.2, -0.15) is 65.9 Å². The molecule has 18 heteroatoms.